The Morgan fingerprint density at radius 3 is 2.71 bits per heavy atom. The first kappa shape index (κ1) is 14.5. The Morgan fingerprint density at radius 2 is 2.10 bits per heavy atom. The summed E-state index contributed by atoms with van der Waals surface area (Å²) in [6.45, 7) is 2.50. The number of nitro groups is 1. The fourth-order valence-electron chi connectivity index (χ4n) is 2.04. The van der Waals surface area contributed by atoms with E-state index in [4.69, 9.17) is 5.26 Å². The smallest absolute Gasteiger partial charge is 0.312 e. The summed E-state index contributed by atoms with van der Waals surface area (Å²) in [5, 5.41) is 22.8. The molecular formula is C15H14N4O2. The number of nitrogens with one attached hydrogen (secondary N) is 1. The molecule has 1 aromatic heterocycles. The minimum atomic E-state index is -0.540. The third-order valence-corrected chi connectivity index (χ3v) is 3.14. The van der Waals surface area contributed by atoms with Gasteiger partial charge in [-0.05, 0) is 17.5 Å². The lowest BCUT2D eigenvalue weighted by atomic mass is 10.1. The van der Waals surface area contributed by atoms with Crippen LogP contribution < -0.4 is 5.32 Å². The van der Waals surface area contributed by atoms with Gasteiger partial charge < -0.3 is 5.32 Å². The zero-order chi connectivity index (χ0) is 15.2. The van der Waals surface area contributed by atoms with Crippen molar-refractivity contribution in [1.82, 2.24) is 4.98 Å². The van der Waals surface area contributed by atoms with Crippen molar-refractivity contribution in [2.45, 2.75) is 19.9 Å². The average Bonchev–Trinajstić information content (AvgIpc) is 2.52. The molecule has 0 unspecified atom stereocenters. The van der Waals surface area contributed by atoms with Crippen molar-refractivity contribution in [1.29, 1.82) is 5.26 Å². The van der Waals surface area contributed by atoms with E-state index in [0.29, 0.717) is 6.54 Å². The second-order valence-electron chi connectivity index (χ2n) is 4.44. The van der Waals surface area contributed by atoms with Crippen LogP contribution in [0.15, 0.2) is 36.5 Å². The van der Waals surface area contributed by atoms with Crippen molar-refractivity contribution in [2.75, 3.05) is 5.32 Å². The number of pyridine rings is 1. The summed E-state index contributed by atoms with van der Waals surface area (Å²) in [5.74, 6) is 0.171. The van der Waals surface area contributed by atoms with Gasteiger partial charge in [0.1, 0.15) is 6.07 Å². The minimum Gasteiger partial charge on any atom is -0.360 e. The maximum Gasteiger partial charge on any atom is 0.312 e. The molecule has 0 atom stereocenters. The van der Waals surface area contributed by atoms with Crippen LogP contribution >= 0.6 is 0 Å². The van der Waals surface area contributed by atoms with Crippen molar-refractivity contribution in [3.8, 4) is 6.07 Å². The molecule has 0 saturated carbocycles. The average molecular weight is 282 g/mol. The van der Waals surface area contributed by atoms with Gasteiger partial charge >= 0.3 is 5.69 Å². The van der Waals surface area contributed by atoms with Crippen LogP contribution in [0.4, 0.5) is 11.5 Å². The van der Waals surface area contributed by atoms with E-state index in [1.807, 2.05) is 30.3 Å². The SMILES string of the molecule is CCc1ccccc1CNc1ncc(C#N)cc1[N+](=O)[O-]. The molecule has 1 heterocycles. The van der Waals surface area contributed by atoms with Crippen molar-refractivity contribution in [3.05, 3.63) is 63.3 Å². The number of hydrogen-bond donors (Lipinski definition) is 1. The Balaban J connectivity index is 2.24. The highest BCUT2D eigenvalue weighted by Gasteiger charge is 2.16. The molecule has 2 aromatic rings. The number of hydrogen-bond acceptors (Lipinski definition) is 5. The highest BCUT2D eigenvalue weighted by molar-refractivity contribution is 5.58. The first-order valence-corrected chi connectivity index (χ1v) is 6.51. The molecule has 0 aliphatic carbocycles. The van der Waals surface area contributed by atoms with Crippen molar-refractivity contribution in [2.24, 2.45) is 0 Å². The Kier molecular flexibility index (Phi) is 4.46. The number of anilines is 1. The molecule has 21 heavy (non-hydrogen) atoms. The largest absolute Gasteiger partial charge is 0.360 e. The van der Waals surface area contributed by atoms with Gasteiger partial charge in [0, 0.05) is 18.8 Å². The fourth-order valence-corrected chi connectivity index (χ4v) is 2.04. The lowest BCUT2D eigenvalue weighted by Gasteiger charge is -2.09. The van der Waals surface area contributed by atoms with Crippen LogP contribution in [-0.4, -0.2) is 9.91 Å². The molecule has 0 fully saturated rings. The molecule has 106 valence electrons. The number of aryl methyl sites for hydroxylation is 1. The summed E-state index contributed by atoms with van der Waals surface area (Å²) >= 11 is 0. The molecule has 0 aliphatic rings. The number of benzene rings is 1. The second-order valence-corrected chi connectivity index (χ2v) is 4.44. The van der Waals surface area contributed by atoms with Crippen LogP contribution in [0, 0.1) is 21.4 Å². The van der Waals surface area contributed by atoms with Gasteiger partial charge in [0.25, 0.3) is 0 Å². The van der Waals surface area contributed by atoms with Gasteiger partial charge in [0.2, 0.25) is 5.82 Å². The summed E-state index contributed by atoms with van der Waals surface area (Å²) in [6, 6.07) is 11.0. The van der Waals surface area contributed by atoms with E-state index >= 15 is 0 Å². The van der Waals surface area contributed by atoms with Gasteiger partial charge in [-0.1, -0.05) is 31.2 Å². The van der Waals surface area contributed by atoms with Gasteiger partial charge in [-0.25, -0.2) is 4.98 Å². The Morgan fingerprint density at radius 1 is 1.38 bits per heavy atom. The summed E-state index contributed by atoms with van der Waals surface area (Å²) in [4.78, 5) is 14.5. The second kappa shape index (κ2) is 6.48. The number of nitrogens with zero attached hydrogens (tertiary/aromatic N) is 3. The summed E-state index contributed by atoms with van der Waals surface area (Å²) in [5.41, 5.74) is 2.23. The number of rotatable bonds is 5. The third-order valence-electron chi connectivity index (χ3n) is 3.14. The Bertz CT molecular complexity index is 707. The first-order chi connectivity index (χ1) is 10.2. The van der Waals surface area contributed by atoms with Crippen molar-refractivity contribution >= 4 is 11.5 Å². The summed E-state index contributed by atoms with van der Waals surface area (Å²) < 4.78 is 0. The minimum absolute atomic E-state index is 0.168. The topological polar surface area (TPSA) is 91.8 Å². The highest BCUT2D eigenvalue weighted by Crippen LogP contribution is 2.23. The van der Waals surface area contributed by atoms with Crippen LogP contribution in [0.25, 0.3) is 0 Å². The maximum absolute atomic E-state index is 11.0. The van der Waals surface area contributed by atoms with E-state index < -0.39 is 4.92 Å². The lowest BCUT2D eigenvalue weighted by molar-refractivity contribution is -0.384. The Labute approximate surface area is 122 Å². The van der Waals surface area contributed by atoms with Crippen molar-refractivity contribution < 1.29 is 4.92 Å². The quantitative estimate of drug-likeness (QED) is 0.672. The van der Waals surface area contributed by atoms with E-state index in [2.05, 4.69) is 17.2 Å². The fraction of sp³-hybridized carbons (Fsp3) is 0.200. The molecule has 0 bridgehead atoms. The van der Waals surface area contributed by atoms with Crippen molar-refractivity contribution in [3.63, 3.8) is 0 Å². The third kappa shape index (κ3) is 3.34. The molecule has 0 amide bonds. The monoisotopic (exact) mass is 282 g/mol. The van der Waals surface area contributed by atoms with Crippen LogP contribution in [0.5, 0.6) is 0 Å². The van der Waals surface area contributed by atoms with Crippen LogP contribution in [0.1, 0.15) is 23.6 Å². The van der Waals surface area contributed by atoms with Gasteiger partial charge in [-0.2, -0.15) is 5.26 Å². The number of nitriles is 1. The van der Waals surface area contributed by atoms with E-state index in [9.17, 15) is 10.1 Å². The maximum atomic E-state index is 11.0. The zero-order valence-corrected chi connectivity index (χ0v) is 11.5. The van der Waals surface area contributed by atoms with Crippen LogP contribution in [0.2, 0.25) is 0 Å². The standard InChI is InChI=1S/C15H14N4O2/c1-2-12-5-3-4-6-13(12)10-18-15-14(19(20)21)7-11(8-16)9-17-15/h3-7,9H,2,10H2,1H3,(H,17,18). The normalized spacial score (nSPS) is 9.90. The molecule has 0 saturated heterocycles. The predicted octanol–water partition coefficient (Wildman–Crippen LogP) is 3.04. The molecule has 1 N–H and O–H groups in total. The van der Waals surface area contributed by atoms with E-state index in [1.165, 1.54) is 17.8 Å². The van der Waals surface area contributed by atoms with Gasteiger partial charge in [-0.3, -0.25) is 10.1 Å². The zero-order valence-electron chi connectivity index (χ0n) is 11.5. The Hall–Kier alpha value is -2.94. The molecule has 1 aromatic carbocycles. The van der Waals surface area contributed by atoms with E-state index in [0.717, 1.165) is 12.0 Å². The lowest BCUT2D eigenvalue weighted by Crippen LogP contribution is -2.06. The number of aromatic nitrogens is 1. The van der Waals surface area contributed by atoms with Gasteiger partial charge in [-0.15, -0.1) is 0 Å². The molecule has 0 aliphatic heterocycles. The molecule has 6 nitrogen and oxygen atoms in total. The van der Waals surface area contributed by atoms with E-state index in [-0.39, 0.29) is 17.1 Å². The van der Waals surface area contributed by atoms with Gasteiger partial charge in [0.05, 0.1) is 10.5 Å². The molecule has 0 radical (unpaired) electrons. The molecule has 0 spiro atoms. The molecule has 2 rings (SSSR count). The predicted molar refractivity (Wildman–Crippen MR) is 78.8 cm³/mol. The van der Waals surface area contributed by atoms with Crippen LogP contribution in [-0.2, 0) is 13.0 Å². The first-order valence-electron chi connectivity index (χ1n) is 6.51. The van der Waals surface area contributed by atoms with Crippen LogP contribution in [0.3, 0.4) is 0 Å². The van der Waals surface area contributed by atoms with Gasteiger partial charge in [0.15, 0.2) is 0 Å². The highest BCUT2D eigenvalue weighted by atomic mass is 16.6. The van der Waals surface area contributed by atoms with E-state index in [1.54, 1.807) is 0 Å². The molecule has 6 heteroatoms. The molecular weight excluding hydrogens is 268 g/mol. The summed E-state index contributed by atoms with van der Waals surface area (Å²) in [7, 11) is 0. The summed E-state index contributed by atoms with van der Waals surface area (Å²) in [6.07, 6.45) is 2.21.